The maximum atomic E-state index is 6.37. The lowest BCUT2D eigenvalue weighted by atomic mass is 9.96. The molecule has 28 heavy (non-hydrogen) atoms. The van der Waals surface area contributed by atoms with Crippen LogP contribution < -0.4 is 0 Å². The van der Waals surface area contributed by atoms with Gasteiger partial charge in [0.25, 0.3) is 0 Å². The molecular formula is C26H21NO. The highest BCUT2D eigenvalue weighted by molar-refractivity contribution is 6.20. The van der Waals surface area contributed by atoms with Crippen LogP contribution in [0.2, 0.25) is 0 Å². The van der Waals surface area contributed by atoms with Crippen LogP contribution in [0.1, 0.15) is 37.2 Å². The molecule has 0 N–H and O–H groups in total. The van der Waals surface area contributed by atoms with E-state index in [0.29, 0.717) is 5.92 Å². The first-order valence-electron chi connectivity index (χ1n) is 10.2. The second kappa shape index (κ2) is 6.20. The summed E-state index contributed by atoms with van der Waals surface area (Å²) < 4.78 is 6.37. The number of fused-ring (bicyclic) bond motifs is 5. The van der Waals surface area contributed by atoms with E-state index in [9.17, 15) is 0 Å². The largest absolute Gasteiger partial charge is 0.455 e. The zero-order valence-electron chi connectivity index (χ0n) is 15.7. The second-order valence-corrected chi connectivity index (χ2v) is 7.90. The minimum absolute atomic E-state index is 0.681. The lowest BCUT2D eigenvalue weighted by molar-refractivity contribution is 0.670. The topological polar surface area (TPSA) is 26.0 Å². The van der Waals surface area contributed by atoms with E-state index in [1.54, 1.807) is 0 Å². The third-order valence-electron chi connectivity index (χ3n) is 6.27. The summed E-state index contributed by atoms with van der Waals surface area (Å²) in [5.41, 5.74) is 5.38. The van der Waals surface area contributed by atoms with Crippen LogP contribution in [0.3, 0.4) is 0 Å². The number of para-hydroxylation sites is 1. The van der Waals surface area contributed by atoms with Crippen molar-refractivity contribution in [1.82, 2.24) is 4.98 Å². The molecule has 0 unspecified atom stereocenters. The first-order chi connectivity index (χ1) is 13.9. The van der Waals surface area contributed by atoms with Gasteiger partial charge in [-0.05, 0) is 59.4 Å². The Labute approximate surface area is 163 Å². The number of rotatable bonds is 2. The van der Waals surface area contributed by atoms with Crippen molar-refractivity contribution in [1.29, 1.82) is 0 Å². The molecule has 0 atom stereocenters. The normalized spacial score (nSPS) is 15.1. The van der Waals surface area contributed by atoms with Crippen molar-refractivity contribution in [3.63, 3.8) is 0 Å². The molecule has 3 aromatic carbocycles. The number of benzene rings is 3. The predicted octanol–water partition coefficient (Wildman–Crippen LogP) is 7.46. The Kier molecular flexibility index (Phi) is 3.52. The Morgan fingerprint density at radius 2 is 1.68 bits per heavy atom. The van der Waals surface area contributed by atoms with Gasteiger partial charge >= 0.3 is 0 Å². The van der Waals surface area contributed by atoms with Crippen molar-refractivity contribution in [2.75, 3.05) is 0 Å². The van der Waals surface area contributed by atoms with Gasteiger partial charge in [-0.3, -0.25) is 4.98 Å². The standard InChI is InChI=1S/C26H21NO/c1-2-7-17(6-1)19-14-15-27-23(16-19)21-10-5-11-22-25-20-9-4-3-8-18(20)12-13-24(25)28-26(21)22/h3-5,8-17H,1-2,6-7H2. The minimum Gasteiger partial charge on any atom is -0.455 e. The van der Waals surface area contributed by atoms with Crippen molar-refractivity contribution in [2.24, 2.45) is 0 Å². The third-order valence-corrected chi connectivity index (χ3v) is 6.27. The quantitative estimate of drug-likeness (QED) is 0.325. The molecule has 0 radical (unpaired) electrons. The molecule has 0 saturated heterocycles. The van der Waals surface area contributed by atoms with Crippen LogP contribution in [-0.2, 0) is 0 Å². The van der Waals surface area contributed by atoms with E-state index in [4.69, 9.17) is 9.40 Å². The first kappa shape index (κ1) is 15.9. The fraction of sp³-hybridized carbons (Fsp3) is 0.192. The highest BCUT2D eigenvalue weighted by Crippen LogP contribution is 2.40. The average Bonchev–Trinajstić information content (AvgIpc) is 3.41. The van der Waals surface area contributed by atoms with Crippen LogP contribution in [0, 0.1) is 0 Å². The Morgan fingerprint density at radius 1 is 0.821 bits per heavy atom. The van der Waals surface area contributed by atoms with Crippen molar-refractivity contribution in [2.45, 2.75) is 31.6 Å². The smallest absolute Gasteiger partial charge is 0.144 e. The Balaban J connectivity index is 1.60. The van der Waals surface area contributed by atoms with E-state index >= 15 is 0 Å². The Morgan fingerprint density at radius 3 is 2.61 bits per heavy atom. The molecule has 0 bridgehead atoms. The molecule has 136 valence electrons. The minimum atomic E-state index is 0.681. The van der Waals surface area contributed by atoms with Crippen molar-refractivity contribution < 1.29 is 4.42 Å². The van der Waals surface area contributed by atoms with Gasteiger partial charge in [-0.1, -0.05) is 55.3 Å². The van der Waals surface area contributed by atoms with Crippen LogP contribution in [-0.4, -0.2) is 4.98 Å². The fourth-order valence-electron chi connectivity index (χ4n) is 4.88. The number of pyridine rings is 1. The van der Waals surface area contributed by atoms with Gasteiger partial charge in [-0.15, -0.1) is 0 Å². The summed E-state index contributed by atoms with van der Waals surface area (Å²) in [5, 5.41) is 4.84. The van der Waals surface area contributed by atoms with Crippen LogP contribution in [0.15, 0.2) is 77.3 Å². The van der Waals surface area contributed by atoms with E-state index in [2.05, 4.69) is 66.7 Å². The summed E-state index contributed by atoms with van der Waals surface area (Å²) in [4.78, 5) is 4.70. The Hall–Kier alpha value is -3.13. The van der Waals surface area contributed by atoms with Gasteiger partial charge in [0.15, 0.2) is 0 Å². The Bertz CT molecular complexity index is 1320. The van der Waals surface area contributed by atoms with Gasteiger partial charge in [-0.2, -0.15) is 0 Å². The van der Waals surface area contributed by atoms with E-state index in [0.717, 1.165) is 27.8 Å². The van der Waals surface area contributed by atoms with Gasteiger partial charge in [-0.25, -0.2) is 0 Å². The lowest BCUT2D eigenvalue weighted by Crippen LogP contribution is -1.94. The van der Waals surface area contributed by atoms with E-state index in [-0.39, 0.29) is 0 Å². The van der Waals surface area contributed by atoms with Crippen molar-refractivity contribution >= 4 is 32.7 Å². The number of hydrogen-bond donors (Lipinski definition) is 0. The predicted molar refractivity (Wildman–Crippen MR) is 116 cm³/mol. The number of nitrogens with zero attached hydrogens (tertiary/aromatic N) is 1. The van der Waals surface area contributed by atoms with Gasteiger partial charge in [0.05, 0.1) is 5.69 Å². The molecular weight excluding hydrogens is 342 g/mol. The highest BCUT2D eigenvalue weighted by atomic mass is 16.3. The summed E-state index contributed by atoms with van der Waals surface area (Å²) in [5.74, 6) is 0.681. The SMILES string of the molecule is c1ccc2c(c1)ccc1oc3c(-c4cc(C5CCCC5)ccn4)cccc3c12. The summed E-state index contributed by atoms with van der Waals surface area (Å²) in [6.07, 6.45) is 7.23. The van der Waals surface area contributed by atoms with Gasteiger partial charge in [0.1, 0.15) is 11.2 Å². The molecule has 2 heteroatoms. The third kappa shape index (κ3) is 2.37. The molecule has 0 aliphatic heterocycles. The van der Waals surface area contributed by atoms with Gasteiger partial charge < -0.3 is 4.42 Å². The van der Waals surface area contributed by atoms with Crippen molar-refractivity contribution in [3.05, 3.63) is 78.5 Å². The molecule has 2 nitrogen and oxygen atoms in total. The lowest BCUT2D eigenvalue weighted by Gasteiger charge is -2.11. The molecule has 1 aliphatic carbocycles. The fourth-order valence-corrected chi connectivity index (χ4v) is 4.88. The molecule has 0 spiro atoms. The number of aromatic nitrogens is 1. The second-order valence-electron chi connectivity index (χ2n) is 7.90. The monoisotopic (exact) mass is 363 g/mol. The van der Waals surface area contributed by atoms with Crippen LogP contribution in [0.4, 0.5) is 0 Å². The molecule has 1 fully saturated rings. The molecule has 1 saturated carbocycles. The first-order valence-corrected chi connectivity index (χ1v) is 10.2. The molecule has 2 aromatic heterocycles. The van der Waals surface area contributed by atoms with E-state index in [1.807, 2.05) is 6.20 Å². The molecule has 2 heterocycles. The number of furan rings is 1. The maximum Gasteiger partial charge on any atom is 0.144 e. The summed E-state index contributed by atoms with van der Waals surface area (Å²) in [7, 11) is 0. The number of hydrogen-bond acceptors (Lipinski definition) is 2. The van der Waals surface area contributed by atoms with Crippen LogP contribution in [0.5, 0.6) is 0 Å². The molecule has 5 aromatic rings. The molecule has 0 amide bonds. The van der Waals surface area contributed by atoms with E-state index < -0.39 is 0 Å². The van der Waals surface area contributed by atoms with Gasteiger partial charge in [0.2, 0.25) is 0 Å². The zero-order chi connectivity index (χ0) is 18.5. The van der Waals surface area contributed by atoms with Gasteiger partial charge in [0, 0.05) is 22.5 Å². The maximum absolute atomic E-state index is 6.37. The summed E-state index contributed by atoms with van der Waals surface area (Å²) >= 11 is 0. The van der Waals surface area contributed by atoms with Crippen LogP contribution in [0.25, 0.3) is 44.0 Å². The average molecular weight is 363 g/mol. The van der Waals surface area contributed by atoms with E-state index in [1.165, 1.54) is 47.4 Å². The van der Waals surface area contributed by atoms with Crippen molar-refractivity contribution in [3.8, 4) is 11.3 Å². The summed E-state index contributed by atoms with van der Waals surface area (Å²) in [6, 6.07) is 23.6. The highest BCUT2D eigenvalue weighted by Gasteiger charge is 2.19. The zero-order valence-corrected chi connectivity index (χ0v) is 15.7. The molecule has 6 rings (SSSR count). The molecule has 1 aliphatic rings. The van der Waals surface area contributed by atoms with Crippen LogP contribution >= 0.6 is 0 Å². The summed E-state index contributed by atoms with van der Waals surface area (Å²) in [6.45, 7) is 0.